The SMILES string of the molecule is C=C(C)CCc1ccc(Cl)c(F)c1. The van der Waals surface area contributed by atoms with Gasteiger partial charge in [0, 0.05) is 0 Å². The Balaban J connectivity index is 2.68. The maximum atomic E-state index is 12.9. The highest BCUT2D eigenvalue weighted by Gasteiger charge is 2.00. The highest BCUT2D eigenvalue weighted by Crippen LogP contribution is 2.17. The first-order chi connectivity index (χ1) is 6.09. The van der Waals surface area contributed by atoms with Gasteiger partial charge in [-0.15, -0.1) is 6.58 Å². The Morgan fingerprint density at radius 1 is 1.54 bits per heavy atom. The van der Waals surface area contributed by atoms with Gasteiger partial charge in [-0.3, -0.25) is 0 Å². The molecule has 2 heteroatoms. The van der Waals surface area contributed by atoms with E-state index < -0.39 is 0 Å². The fourth-order valence-corrected chi connectivity index (χ4v) is 1.17. The first kappa shape index (κ1) is 10.3. The number of hydrogen-bond donors (Lipinski definition) is 0. The smallest absolute Gasteiger partial charge is 0.142 e. The average molecular weight is 199 g/mol. The van der Waals surface area contributed by atoms with Crippen LogP contribution >= 0.6 is 11.6 Å². The van der Waals surface area contributed by atoms with Gasteiger partial charge in [0.1, 0.15) is 5.82 Å². The Labute approximate surface area is 83.0 Å². The molecule has 0 saturated carbocycles. The van der Waals surface area contributed by atoms with E-state index in [-0.39, 0.29) is 10.8 Å². The maximum Gasteiger partial charge on any atom is 0.142 e. The van der Waals surface area contributed by atoms with Gasteiger partial charge in [-0.25, -0.2) is 4.39 Å². The van der Waals surface area contributed by atoms with Gasteiger partial charge in [0.25, 0.3) is 0 Å². The van der Waals surface area contributed by atoms with E-state index in [0.717, 1.165) is 24.0 Å². The van der Waals surface area contributed by atoms with Crippen LogP contribution in [0.1, 0.15) is 18.9 Å². The molecule has 0 aliphatic heterocycles. The van der Waals surface area contributed by atoms with Crippen LogP contribution in [0.5, 0.6) is 0 Å². The number of rotatable bonds is 3. The van der Waals surface area contributed by atoms with E-state index in [9.17, 15) is 4.39 Å². The fraction of sp³-hybridized carbons (Fsp3) is 0.273. The maximum absolute atomic E-state index is 12.9. The molecule has 0 radical (unpaired) electrons. The summed E-state index contributed by atoms with van der Waals surface area (Å²) < 4.78 is 12.9. The molecule has 0 saturated heterocycles. The zero-order chi connectivity index (χ0) is 9.84. The summed E-state index contributed by atoms with van der Waals surface area (Å²) in [5.41, 5.74) is 2.07. The zero-order valence-electron chi connectivity index (χ0n) is 7.61. The zero-order valence-corrected chi connectivity index (χ0v) is 8.37. The van der Waals surface area contributed by atoms with Gasteiger partial charge in [0.05, 0.1) is 5.02 Å². The molecule has 70 valence electrons. The topological polar surface area (TPSA) is 0 Å². The molecule has 0 unspecified atom stereocenters. The van der Waals surface area contributed by atoms with Crippen molar-refractivity contribution in [2.24, 2.45) is 0 Å². The van der Waals surface area contributed by atoms with Gasteiger partial charge in [0.2, 0.25) is 0 Å². The third-order valence-corrected chi connectivity index (χ3v) is 2.13. The van der Waals surface area contributed by atoms with Crippen LogP contribution in [0.4, 0.5) is 4.39 Å². The molecule has 0 atom stereocenters. The Morgan fingerprint density at radius 3 is 2.77 bits per heavy atom. The summed E-state index contributed by atoms with van der Waals surface area (Å²) in [5.74, 6) is -0.346. The van der Waals surface area contributed by atoms with E-state index in [1.54, 1.807) is 6.07 Å². The Morgan fingerprint density at radius 2 is 2.23 bits per heavy atom. The fourth-order valence-electron chi connectivity index (χ4n) is 1.05. The van der Waals surface area contributed by atoms with Crippen molar-refractivity contribution in [1.29, 1.82) is 0 Å². The van der Waals surface area contributed by atoms with E-state index in [2.05, 4.69) is 6.58 Å². The summed E-state index contributed by atoms with van der Waals surface area (Å²) >= 11 is 5.55. The lowest BCUT2D eigenvalue weighted by Crippen LogP contribution is -1.87. The molecule has 1 rings (SSSR count). The van der Waals surface area contributed by atoms with Crippen LogP contribution in [-0.2, 0) is 6.42 Å². The summed E-state index contributed by atoms with van der Waals surface area (Å²) in [4.78, 5) is 0. The van der Waals surface area contributed by atoms with Gasteiger partial charge >= 0.3 is 0 Å². The van der Waals surface area contributed by atoms with Crippen LogP contribution in [0.3, 0.4) is 0 Å². The molecule has 0 bridgehead atoms. The van der Waals surface area contributed by atoms with E-state index in [1.165, 1.54) is 6.07 Å². The van der Waals surface area contributed by atoms with Gasteiger partial charge in [0.15, 0.2) is 0 Å². The first-order valence-corrected chi connectivity index (χ1v) is 4.55. The number of hydrogen-bond acceptors (Lipinski definition) is 0. The van der Waals surface area contributed by atoms with Crippen molar-refractivity contribution in [2.45, 2.75) is 19.8 Å². The summed E-state index contributed by atoms with van der Waals surface area (Å²) in [6.45, 7) is 5.75. The first-order valence-electron chi connectivity index (χ1n) is 4.18. The average Bonchev–Trinajstić information content (AvgIpc) is 2.07. The van der Waals surface area contributed by atoms with Crippen LogP contribution in [-0.4, -0.2) is 0 Å². The third-order valence-electron chi connectivity index (χ3n) is 1.82. The highest BCUT2D eigenvalue weighted by atomic mass is 35.5. The third kappa shape index (κ3) is 3.19. The minimum Gasteiger partial charge on any atom is -0.205 e. The van der Waals surface area contributed by atoms with Gasteiger partial charge in [-0.2, -0.15) is 0 Å². The van der Waals surface area contributed by atoms with Crippen LogP contribution in [0.25, 0.3) is 0 Å². The minimum absolute atomic E-state index is 0.180. The molecule has 1 aromatic rings. The van der Waals surface area contributed by atoms with E-state index in [0.29, 0.717) is 0 Å². The normalized spacial score (nSPS) is 10.1. The number of benzene rings is 1. The van der Waals surface area contributed by atoms with Crippen molar-refractivity contribution in [3.05, 3.63) is 46.8 Å². The van der Waals surface area contributed by atoms with E-state index in [1.807, 2.05) is 13.0 Å². The lowest BCUT2D eigenvalue weighted by molar-refractivity contribution is 0.625. The Bertz CT molecular complexity index is 318. The van der Waals surface area contributed by atoms with Crippen LogP contribution < -0.4 is 0 Å². The quantitative estimate of drug-likeness (QED) is 0.645. The second kappa shape index (κ2) is 4.43. The van der Waals surface area contributed by atoms with Crippen LogP contribution in [0, 0.1) is 5.82 Å². The molecule has 0 amide bonds. The lowest BCUT2D eigenvalue weighted by Gasteiger charge is -2.01. The predicted octanol–water partition coefficient (Wildman–Crippen LogP) is 3.99. The monoisotopic (exact) mass is 198 g/mol. The van der Waals surface area contributed by atoms with Crippen molar-refractivity contribution < 1.29 is 4.39 Å². The standard InChI is InChI=1S/C11H12ClF/c1-8(2)3-4-9-5-6-10(12)11(13)7-9/h5-7H,1,3-4H2,2H3. The minimum atomic E-state index is -0.346. The molecule has 0 N–H and O–H groups in total. The Kier molecular flexibility index (Phi) is 3.49. The van der Waals surface area contributed by atoms with Crippen LogP contribution in [0.15, 0.2) is 30.4 Å². The van der Waals surface area contributed by atoms with Crippen molar-refractivity contribution in [1.82, 2.24) is 0 Å². The molecule has 0 fully saturated rings. The molecular formula is C11H12ClF. The molecule has 0 aromatic heterocycles. The molecule has 1 aromatic carbocycles. The van der Waals surface area contributed by atoms with Crippen molar-refractivity contribution in [3.8, 4) is 0 Å². The van der Waals surface area contributed by atoms with Crippen molar-refractivity contribution in [3.63, 3.8) is 0 Å². The highest BCUT2D eigenvalue weighted by molar-refractivity contribution is 6.30. The van der Waals surface area contributed by atoms with Gasteiger partial charge < -0.3 is 0 Å². The molecular weight excluding hydrogens is 187 g/mol. The van der Waals surface area contributed by atoms with Crippen molar-refractivity contribution >= 4 is 11.6 Å². The summed E-state index contributed by atoms with van der Waals surface area (Å²) in [7, 11) is 0. The summed E-state index contributed by atoms with van der Waals surface area (Å²) in [6.07, 6.45) is 1.71. The van der Waals surface area contributed by atoms with Crippen LogP contribution in [0.2, 0.25) is 5.02 Å². The lowest BCUT2D eigenvalue weighted by atomic mass is 10.1. The predicted molar refractivity (Wildman–Crippen MR) is 54.5 cm³/mol. The number of halogens is 2. The molecule has 0 aliphatic rings. The molecule has 13 heavy (non-hydrogen) atoms. The van der Waals surface area contributed by atoms with E-state index in [4.69, 9.17) is 11.6 Å². The molecule has 0 spiro atoms. The Hall–Kier alpha value is -0.820. The number of allylic oxidation sites excluding steroid dienone is 1. The molecule has 0 aliphatic carbocycles. The summed E-state index contributed by atoms with van der Waals surface area (Å²) in [6, 6.07) is 4.91. The molecule has 0 nitrogen and oxygen atoms in total. The van der Waals surface area contributed by atoms with Gasteiger partial charge in [-0.1, -0.05) is 23.2 Å². The number of aryl methyl sites for hydroxylation is 1. The van der Waals surface area contributed by atoms with Gasteiger partial charge in [-0.05, 0) is 37.5 Å². The van der Waals surface area contributed by atoms with Crippen molar-refractivity contribution in [2.75, 3.05) is 0 Å². The van der Waals surface area contributed by atoms with E-state index >= 15 is 0 Å². The summed E-state index contributed by atoms with van der Waals surface area (Å²) in [5, 5.41) is 0.180. The molecule has 0 heterocycles. The second-order valence-corrected chi connectivity index (χ2v) is 3.61. The largest absolute Gasteiger partial charge is 0.205 e. The second-order valence-electron chi connectivity index (χ2n) is 3.21.